The Hall–Kier alpha value is -3.54. The summed E-state index contributed by atoms with van der Waals surface area (Å²) < 4.78 is 15.2. The molecule has 0 saturated carbocycles. The Morgan fingerprint density at radius 1 is 1.11 bits per heavy atom. The molecule has 6 heteroatoms. The number of hydrogen-bond donors (Lipinski definition) is 1. The Morgan fingerprint density at radius 3 is 2.74 bits per heavy atom. The molecule has 0 fully saturated rings. The van der Waals surface area contributed by atoms with Gasteiger partial charge >= 0.3 is 0 Å². The summed E-state index contributed by atoms with van der Waals surface area (Å²) in [5.41, 5.74) is 3.45. The molecular formula is C21H17FN4O. The maximum absolute atomic E-state index is 13.4. The first kappa shape index (κ1) is 16.9. The van der Waals surface area contributed by atoms with Gasteiger partial charge in [0.25, 0.3) is 5.91 Å². The lowest BCUT2D eigenvalue weighted by atomic mass is 10.1. The number of hydrogen-bond acceptors (Lipinski definition) is 3. The van der Waals surface area contributed by atoms with Crippen LogP contribution in [-0.4, -0.2) is 20.7 Å². The largest absolute Gasteiger partial charge is 0.322 e. The van der Waals surface area contributed by atoms with E-state index in [0.717, 1.165) is 16.5 Å². The number of fused-ring (bicyclic) bond motifs is 1. The zero-order chi connectivity index (χ0) is 18.8. The predicted octanol–water partition coefficient (Wildman–Crippen LogP) is 4.18. The molecule has 1 N–H and O–H groups in total. The molecule has 0 bridgehead atoms. The van der Waals surface area contributed by atoms with Crippen LogP contribution in [0.15, 0.2) is 67.0 Å². The smallest absolute Gasteiger partial charge is 0.257 e. The second-order valence-electron chi connectivity index (χ2n) is 6.34. The van der Waals surface area contributed by atoms with Crippen molar-refractivity contribution in [1.82, 2.24) is 14.8 Å². The number of aromatic nitrogens is 3. The molecule has 2 aromatic heterocycles. The number of rotatable bonds is 4. The molecular weight excluding hydrogens is 343 g/mol. The summed E-state index contributed by atoms with van der Waals surface area (Å²) in [7, 11) is 0. The topological polar surface area (TPSA) is 59.8 Å². The number of nitrogens with one attached hydrogen (secondary N) is 1. The number of pyridine rings is 1. The summed E-state index contributed by atoms with van der Waals surface area (Å²) >= 11 is 0. The maximum atomic E-state index is 13.4. The van der Waals surface area contributed by atoms with Gasteiger partial charge in [-0.05, 0) is 36.2 Å². The highest BCUT2D eigenvalue weighted by Gasteiger charge is 2.12. The molecule has 1 amide bonds. The van der Waals surface area contributed by atoms with Gasteiger partial charge in [-0.1, -0.05) is 36.4 Å². The second-order valence-corrected chi connectivity index (χ2v) is 6.34. The molecule has 0 atom stereocenters. The zero-order valence-electron chi connectivity index (χ0n) is 14.7. The molecule has 134 valence electrons. The molecule has 27 heavy (non-hydrogen) atoms. The minimum atomic E-state index is -0.397. The first-order valence-corrected chi connectivity index (χ1v) is 8.53. The van der Waals surface area contributed by atoms with Gasteiger partial charge in [0, 0.05) is 17.3 Å². The van der Waals surface area contributed by atoms with Gasteiger partial charge in [0.1, 0.15) is 5.82 Å². The van der Waals surface area contributed by atoms with Gasteiger partial charge in [0.2, 0.25) is 0 Å². The summed E-state index contributed by atoms with van der Waals surface area (Å²) in [5.74, 6) is -0.736. The first-order chi connectivity index (χ1) is 13.1. The third-order valence-corrected chi connectivity index (χ3v) is 4.36. The van der Waals surface area contributed by atoms with Crippen LogP contribution in [0.2, 0.25) is 0 Å². The number of nitrogens with zero attached hydrogens (tertiary/aromatic N) is 3. The third kappa shape index (κ3) is 3.55. The van der Waals surface area contributed by atoms with Gasteiger partial charge in [0.05, 0.1) is 18.3 Å². The Labute approximate surface area is 155 Å². The summed E-state index contributed by atoms with van der Waals surface area (Å²) in [4.78, 5) is 16.9. The molecule has 0 aliphatic heterocycles. The minimum absolute atomic E-state index is 0.339. The van der Waals surface area contributed by atoms with Gasteiger partial charge in [-0.15, -0.1) is 0 Å². The number of carbonyl (C=O) groups excluding carboxylic acids is 1. The quantitative estimate of drug-likeness (QED) is 0.594. The van der Waals surface area contributed by atoms with Crippen molar-refractivity contribution >= 4 is 22.6 Å². The third-order valence-electron chi connectivity index (χ3n) is 4.36. The lowest BCUT2D eigenvalue weighted by Crippen LogP contribution is -2.13. The van der Waals surface area contributed by atoms with Crippen LogP contribution in [0.5, 0.6) is 0 Å². The molecule has 2 heterocycles. The lowest BCUT2D eigenvalue weighted by molar-refractivity contribution is 0.102. The van der Waals surface area contributed by atoms with Gasteiger partial charge in [0.15, 0.2) is 5.65 Å². The number of anilines is 1. The number of aryl methyl sites for hydroxylation is 1. The van der Waals surface area contributed by atoms with Crippen LogP contribution < -0.4 is 5.32 Å². The van der Waals surface area contributed by atoms with E-state index < -0.39 is 5.82 Å². The van der Waals surface area contributed by atoms with E-state index in [0.29, 0.717) is 23.4 Å². The van der Waals surface area contributed by atoms with Crippen molar-refractivity contribution < 1.29 is 9.18 Å². The SMILES string of the molecule is Cc1ccc(F)cc1NC(=O)c1cnc2c(cnn2Cc2ccccc2)c1. The lowest BCUT2D eigenvalue weighted by Gasteiger charge is -2.08. The summed E-state index contributed by atoms with van der Waals surface area (Å²) in [6.45, 7) is 2.41. The number of carbonyl (C=O) groups is 1. The average molecular weight is 360 g/mol. The Balaban J connectivity index is 1.58. The van der Waals surface area contributed by atoms with Crippen LogP contribution in [0.3, 0.4) is 0 Å². The molecule has 0 radical (unpaired) electrons. The Morgan fingerprint density at radius 2 is 1.93 bits per heavy atom. The van der Waals surface area contributed by atoms with Gasteiger partial charge in [-0.3, -0.25) is 4.79 Å². The van der Waals surface area contributed by atoms with E-state index in [1.165, 1.54) is 18.3 Å². The van der Waals surface area contributed by atoms with Crippen LogP contribution in [0.1, 0.15) is 21.5 Å². The first-order valence-electron chi connectivity index (χ1n) is 8.53. The monoisotopic (exact) mass is 360 g/mol. The van der Waals surface area contributed by atoms with E-state index >= 15 is 0 Å². The van der Waals surface area contributed by atoms with Gasteiger partial charge < -0.3 is 5.32 Å². The highest BCUT2D eigenvalue weighted by atomic mass is 19.1. The fraction of sp³-hybridized carbons (Fsp3) is 0.0952. The zero-order valence-corrected chi connectivity index (χ0v) is 14.7. The molecule has 0 spiro atoms. The summed E-state index contributed by atoms with van der Waals surface area (Å²) in [6, 6.07) is 16.0. The van der Waals surface area contributed by atoms with Crippen LogP contribution in [0, 0.1) is 12.7 Å². The van der Waals surface area contributed by atoms with Crippen LogP contribution >= 0.6 is 0 Å². The van der Waals surface area contributed by atoms with E-state index in [2.05, 4.69) is 15.4 Å². The van der Waals surface area contributed by atoms with Crippen molar-refractivity contribution in [2.24, 2.45) is 0 Å². The standard InChI is InChI=1S/C21H17FN4O/c1-14-7-8-18(22)10-19(14)25-21(27)17-9-16-12-24-26(20(16)23-11-17)13-15-5-3-2-4-6-15/h2-12H,13H2,1H3,(H,25,27). The minimum Gasteiger partial charge on any atom is -0.322 e. The van der Waals surface area contributed by atoms with Crippen molar-refractivity contribution in [2.75, 3.05) is 5.32 Å². The number of halogens is 1. The molecule has 4 rings (SSSR count). The fourth-order valence-electron chi connectivity index (χ4n) is 2.89. The molecule has 0 saturated heterocycles. The number of amides is 1. The van der Waals surface area contributed by atoms with E-state index in [1.807, 2.05) is 37.3 Å². The van der Waals surface area contributed by atoms with E-state index in [4.69, 9.17) is 0 Å². The molecule has 0 aliphatic rings. The maximum Gasteiger partial charge on any atom is 0.257 e. The van der Waals surface area contributed by atoms with Crippen molar-refractivity contribution in [1.29, 1.82) is 0 Å². The van der Waals surface area contributed by atoms with Crippen molar-refractivity contribution in [3.8, 4) is 0 Å². The summed E-state index contributed by atoms with van der Waals surface area (Å²) in [5, 5.41) is 7.88. The molecule has 4 aromatic rings. The van der Waals surface area contributed by atoms with Gasteiger partial charge in [-0.2, -0.15) is 5.10 Å². The van der Waals surface area contributed by atoms with Crippen molar-refractivity contribution in [2.45, 2.75) is 13.5 Å². The number of benzene rings is 2. The molecule has 0 aliphatic carbocycles. The molecule has 5 nitrogen and oxygen atoms in total. The van der Waals surface area contributed by atoms with Crippen molar-refractivity contribution in [3.05, 3.63) is 89.5 Å². The Bertz CT molecular complexity index is 1120. The fourth-order valence-corrected chi connectivity index (χ4v) is 2.89. The van der Waals surface area contributed by atoms with Crippen LogP contribution in [0.25, 0.3) is 11.0 Å². The molecule has 0 unspecified atom stereocenters. The molecule has 2 aromatic carbocycles. The highest BCUT2D eigenvalue weighted by molar-refractivity contribution is 6.05. The predicted molar refractivity (Wildman–Crippen MR) is 102 cm³/mol. The second kappa shape index (κ2) is 6.99. The summed E-state index contributed by atoms with van der Waals surface area (Å²) in [6.07, 6.45) is 3.20. The van der Waals surface area contributed by atoms with E-state index in [-0.39, 0.29) is 5.91 Å². The van der Waals surface area contributed by atoms with E-state index in [1.54, 1.807) is 23.0 Å². The normalized spacial score (nSPS) is 10.9. The van der Waals surface area contributed by atoms with Crippen molar-refractivity contribution in [3.63, 3.8) is 0 Å². The highest BCUT2D eigenvalue weighted by Crippen LogP contribution is 2.19. The van der Waals surface area contributed by atoms with Gasteiger partial charge in [-0.25, -0.2) is 14.1 Å². The van der Waals surface area contributed by atoms with Crippen LogP contribution in [-0.2, 0) is 6.54 Å². The average Bonchev–Trinajstić information content (AvgIpc) is 3.07. The Kier molecular flexibility index (Phi) is 4.38. The van der Waals surface area contributed by atoms with Crippen LogP contribution in [0.4, 0.5) is 10.1 Å². The van der Waals surface area contributed by atoms with E-state index in [9.17, 15) is 9.18 Å².